The summed E-state index contributed by atoms with van der Waals surface area (Å²) in [6.45, 7) is 2.93. The lowest BCUT2D eigenvalue weighted by atomic mass is 9.78. The van der Waals surface area contributed by atoms with E-state index in [0.717, 1.165) is 18.5 Å². The van der Waals surface area contributed by atoms with Gasteiger partial charge in [-0.3, -0.25) is 14.6 Å². The van der Waals surface area contributed by atoms with E-state index < -0.39 is 11.9 Å². The molecule has 0 saturated heterocycles. The van der Waals surface area contributed by atoms with Crippen LogP contribution in [0.25, 0.3) is 0 Å². The predicted octanol–water partition coefficient (Wildman–Crippen LogP) is 2.32. The zero-order valence-corrected chi connectivity index (χ0v) is 12.4. The Hall–Kier alpha value is -1.91. The lowest BCUT2D eigenvalue weighted by molar-refractivity contribution is -0.152. The molecule has 0 bridgehead atoms. The van der Waals surface area contributed by atoms with Gasteiger partial charge in [0, 0.05) is 12.7 Å². The molecule has 1 fully saturated rings. The van der Waals surface area contributed by atoms with E-state index in [9.17, 15) is 14.7 Å². The number of nitrogens with zero attached hydrogens (tertiary/aromatic N) is 2. The first-order valence-electron chi connectivity index (χ1n) is 7.55. The molecule has 1 amide bonds. The third-order valence-electron chi connectivity index (χ3n) is 4.17. The molecule has 1 saturated carbocycles. The molecule has 2 rings (SSSR count). The molecule has 0 unspecified atom stereocenters. The lowest BCUT2D eigenvalue weighted by Crippen LogP contribution is -2.42. The highest BCUT2D eigenvalue weighted by atomic mass is 16.4. The maximum Gasteiger partial charge on any atom is 0.307 e. The number of carbonyl (C=O) groups is 2. The van der Waals surface area contributed by atoms with Gasteiger partial charge in [-0.05, 0) is 31.9 Å². The van der Waals surface area contributed by atoms with Gasteiger partial charge in [0.2, 0.25) is 5.91 Å². The van der Waals surface area contributed by atoms with Crippen LogP contribution >= 0.6 is 0 Å². The topological polar surface area (TPSA) is 70.5 Å². The number of carbonyl (C=O) groups excluding carboxylic acids is 1. The van der Waals surface area contributed by atoms with Crippen molar-refractivity contribution >= 4 is 11.9 Å². The first-order valence-corrected chi connectivity index (χ1v) is 7.55. The smallest absolute Gasteiger partial charge is 0.307 e. The van der Waals surface area contributed by atoms with Crippen LogP contribution in [0.4, 0.5) is 0 Å². The van der Waals surface area contributed by atoms with Crippen molar-refractivity contribution in [2.75, 3.05) is 6.54 Å². The average Bonchev–Trinajstić information content (AvgIpc) is 2.53. The number of carboxylic acids is 1. The summed E-state index contributed by atoms with van der Waals surface area (Å²) in [7, 11) is 0. The van der Waals surface area contributed by atoms with Crippen LogP contribution in [-0.2, 0) is 16.1 Å². The SMILES string of the molecule is CCN(Cc1ccccn1)C(=O)[C@@H]1CCCC[C@@H]1C(=O)O. The molecule has 5 nitrogen and oxygen atoms in total. The Morgan fingerprint density at radius 2 is 2.00 bits per heavy atom. The predicted molar refractivity (Wildman–Crippen MR) is 78.4 cm³/mol. The van der Waals surface area contributed by atoms with Gasteiger partial charge in [-0.25, -0.2) is 0 Å². The van der Waals surface area contributed by atoms with Gasteiger partial charge in [-0.1, -0.05) is 18.9 Å². The summed E-state index contributed by atoms with van der Waals surface area (Å²) >= 11 is 0. The zero-order valence-electron chi connectivity index (χ0n) is 12.4. The summed E-state index contributed by atoms with van der Waals surface area (Å²) in [6, 6.07) is 5.61. The molecule has 1 heterocycles. The van der Waals surface area contributed by atoms with Crippen molar-refractivity contribution in [2.45, 2.75) is 39.2 Å². The van der Waals surface area contributed by atoms with Gasteiger partial charge < -0.3 is 10.0 Å². The van der Waals surface area contributed by atoms with Crippen molar-refractivity contribution in [2.24, 2.45) is 11.8 Å². The summed E-state index contributed by atoms with van der Waals surface area (Å²) in [5.74, 6) is -1.82. The number of hydrogen-bond donors (Lipinski definition) is 1. The molecule has 1 aromatic heterocycles. The third-order valence-corrected chi connectivity index (χ3v) is 4.17. The molecular formula is C16H22N2O3. The molecule has 0 radical (unpaired) electrons. The van der Waals surface area contributed by atoms with Crippen molar-refractivity contribution in [1.29, 1.82) is 0 Å². The van der Waals surface area contributed by atoms with E-state index in [-0.39, 0.29) is 11.8 Å². The van der Waals surface area contributed by atoms with E-state index in [2.05, 4.69) is 4.98 Å². The van der Waals surface area contributed by atoms with Crippen LogP contribution in [0.3, 0.4) is 0 Å². The molecule has 0 aliphatic heterocycles. The minimum absolute atomic E-state index is 0.0461. The maximum atomic E-state index is 12.7. The second-order valence-electron chi connectivity index (χ2n) is 5.51. The molecular weight excluding hydrogens is 268 g/mol. The normalized spacial score (nSPS) is 21.8. The quantitative estimate of drug-likeness (QED) is 0.903. The second kappa shape index (κ2) is 7.20. The fourth-order valence-electron chi connectivity index (χ4n) is 2.99. The minimum Gasteiger partial charge on any atom is -0.481 e. The second-order valence-corrected chi connectivity index (χ2v) is 5.51. The molecule has 1 aliphatic carbocycles. The van der Waals surface area contributed by atoms with Crippen molar-refractivity contribution in [3.8, 4) is 0 Å². The van der Waals surface area contributed by atoms with Crippen LogP contribution in [-0.4, -0.2) is 33.4 Å². The minimum atomic E-state index is -0.845. The summed E-state index contributed by atoms with van der Waals surface area (Å²) in [6.07, 6.45) is 4.81. The number of pyridine rings is 1. The largest absolute Gasteiger partial charge is 0.481 e. The van der Waals surface area contributed by atoms with Gasteiger partial charge in [0.1, 0.15) is 0 Å². The third kappa shape index (κ3) is 3.80. The first-order chi connectivity index (χ1) is 10.1. The number of amides is 1. The van der Waals surface area contributed by atoms with Crippen LogP contribution < -0.4 is 0 Å². The van der Waals surface area contributed by atoms with Crippen molar-refractivity contribution in [3.05, 3.63) is 30.1 Å². The molecule has 21 heavy (non-hydrogen) atoms. The maximum absolute atomic E-state index is 12.7. The number of hydrogen-bond acceptors (Lipinski definition) is 3. The standard InChI is InChI=1S/C16H22N2O3/c1-2-18(11-12-7-5-6-10-17-12)15(19)13-8-3-4-9-14(13)16(20)21/h5-7,10,13-14H,2-4,8-9,11H2,1H3,(H,20,21)/t13-,14+/m1/s1. The summed E-state index contributed by atoms with van der Waals surface area (Å²) in [4.78, 5) is 30.0. The molecule has 1 N–H and O–H groups in total. The van der Waals surface area contributed by atoms with Crippen molar-refractivity contribution in [1.82, 2.24) is 9.88 Å². The van der Waals surface area contributed by atoms with Crippen LogP contribution in [0.2, 0.25) is 0 Å². The Kier molecular flexibility index (Phi) is 5.31. The molecule has 0 aromatic carbocycles. The van der Waals surface area contributed by atoms with Gasteiger partial charge in [-0.15, -0.1) is 0 Å². The van der Waals surface area contributed by atoms with Crippen LogP contribution in [0, 0.1) is 11.8 Å². The Bertz CT molecular complexity index is 490. The fourth-order valence-corrected chi connectivity index (χ4v) is 2.99. The van der Waals surface area contributed by atoms with Gasteiger partial charge in [0.15, 0.2) is 0 Å². The Labute approximate surface area is 125 Å². The summed E-state index contributed by atoms with van der Waals surface area (Å²) in [5.41, 5.74) is 0.829. The van der Waals surface area contributed by atoms with Crippen LogP contribution in [0.15, 0.2) is 24.4 Å². The highest BCUT2D eigenvalue weighted by molar-refractivity contribution is 5.85. The zero-order chi connectivity index (χ0) is 15.2. The molecule has 1 aromatic rings. The van der Waals surface area contributed by atoms with E-state index in [0.29, 0.717) is 25.9 Å². The summed E-state index contributed by atoms with van der Waals surface area (Å²) in [5, 5.41) is 9.32. The number of aromatic nitrogens is 1. The van der Waals surface area contributed by atoms with Gasteiger partial charge in [0.25, 0.3) is 0 Å². The number of carboxylic acid groups (broad SMARTS) is 1. The average molecular weight is 290 g/mol. The monoisotopic (exact) mass is 290 g/mol. The number of rotatable bonds is 5. The van der Waals surface area contributed by atoms with Crippen LogP contribution in [0.5, 0.6) is 0 Å². The van der Waals surface area contributed by atoms with E-state index in [1.54, 1.807) is 11.1 Å². The van der Waals surface area contributed by atoms with Gasteiger partial charge in [-0.2, -0.15) is 0 Å². The number of aliphatic carboxylic acids is 1. The highest BCUT2D eigenvalue weighted by Crippen LogP contribution is 2.32. The molecule has 1 aliphatic rings. The first kappa shape index (κ1) is 15.5. The molecule has 5 heteroatoms. The van der Waals surface area contributed by atoms with Crippen LogP contribution in [0.1, 0.15) is 38.3 Å². The van der Waals surface area contributed by atoms with Crippen molar-refractivity contribution < 1.29 is 14.7 Å². The Morgan fingerprint density at radius 1 is 1.29 bits per heavy atom. The van der Waals surface area contributed by atoms with E-state index >= 15 is 0 Å². The lowest BCUT2D eigenvalue weighted by Gasteiger charge is -2.32. The Balaban J connectivity index is 2.09. The fraction of sp³-hybridized carbons (Fsp3) is 0.562. The Morgan fingerprint density at radius 3 is 2.57 bits per heavy atom. The van der Waals surface area contributed by atoms with Gasteiger partial charge in [0.05, 0.1) is 24.1 Å². The van der Waals surface area contributed by atoms with E-state index in [1.807, 2.05) is 25.1 Å². The molecule has 2 atom stereocenters. The van der Waals surface area contributed by atoms with E-state index in [1.165, 1.54) is 0 Å². The van der Waals surface area contributed by atoms with E-state index in [4.69, 9.17) is 0 Å². The highest BCUT2D eigenvalue weighted by Gasteiger charge is 2.37. The molecule has 114 valence electrons. The summed E-state index contributed by atoms with van der Waals surface area (Å²) < 4.78 is 0. The molecule has 0 spiro atoms. The van der Waals surface area contributed by atoms with Gasteiger partial charge >= 0.3 is 5.97 Å². The van der Waals surface area contributed by atoms with Crippen molar-refractivity contribution in [3.63, 3.8) is 0 Å².